The number of aliphatic carboxylic acids is 1. The number of benzene rings is 1. The fourth-order valence-electron chi connectivity index (χ4n) is 2.80. The van der Waals surface area contributed by atoms with Gasteiger partial charge < -0.3 is 20.3 Å². The highest BCUT2D eigenvalue weighted by molar-refractivity contribution is 5.84. The number of carboxylic acid groups (broad SMARTS) is 1. The van der Waals surface area contributed by atoms with Crippen LogP contribution in [0.1, 0.15) is 38.8 Å². The molecule has 27 heavy (non-hydrogen) atoms. The molecule has 0 radical (unpaired) electrons. The van der Waals surface area contributed by atoms with Gasteiger partial charge in [-0.15, -0.1) is 0 Å². The number of carboxylic acids is 1. The molecule has 0 aliphatic rings. The Bertz CT molecular complexity index is 923. The first-order valence-electron chi connectivity index (χ1n) is 8.94. The van der Waals surface area contributed by atoms with Crippen LogP contribution in [0.15, 0.2) is 36.7 Å². The molecule has 8 nitrogen and oxygen atoms in total. The van der Waals surface area contributed by atoms with Crippen molar-refractivity contribution in [2.24, 2.45) is 0 Å². The first-order chi connectivity index (χ1) is 12.9. The average molecular weight is 368 g/mol. The van der Waals surface area contributed by atoms with E-state index in [0.29, 0.717) is 29.5 Å². The zero-order chi connectivity index (χ0) is 19.4. The number of carbonyl (C=O) groups is 1. The van der Waals surface area contributed by atoms with Gasteiger partial charge in [0, 0.05) is 18.6 Å². The van der Waals surface area contributed by atoms with Crippen LogP contribution in [0, 0.1) is 0 Å². The summed E-state index contributed by atoms with van der Waals surface area (Å²) in [5, 5.41) is 15.4. The third-order valence-corrected chi connectivity index (χ3v) is 4.14. The number of aromatic nitrogens is 4. The van der Waals surface area contributed by atoms with Gasteiger partial charge in [-0.05, 0) is 26.3 Å². The minimum absolute atomic E-state index is 0.0163. The molecule has 0 saturated carbocycles. The molecule has 3 aromatic rings. The van der Waals surface area contributed by atoms with E-state index in [0.717, 1.165) is 5.56 Å². The lowest BCUT2D eigenvalue weighted by Crippen LogP contribution is -2.21. The number of rotatable bonds is 8. The van der Waals surface area contributed by atoms with Crippen LogP contribution in [0.5, 0.6) is 0 Å². The van der Waals surface area contributed by atoms with E-state index in [1.54, 1.807) is 13.3 Å². The molecule has 142 valence electrons. The summed E-state index contributed by atoms with van der Waals surface area (Å²) in [4.78, 5) is 24.5. The summed E-state index contributed by atoms with van der Waals surface area (Å²) in [6, 6.07) is 9.91. The van der Waals surface area contributed by atoms with E-state index < -0.39 is 5.97 Å². The Morgan fingerprint density at radius 1 is 1.19 bits per heavy atom. The second kappa shape index (κ2) is 8.03. The fourth-order valence-corrected chi connectivity index (χ4v) is 2.80. The molecule has 0 amide bonds. The number of fused-ring (bicyclic) bond motifs is 1. The maximum Gasteiger partial charge on any atom is 0.305 e. The van der Waals surface area contributed by atoms with Gasteiger partial charge >= 0.3 is 5.97 Å². The number of anilines is 2. The zero-order valence-electron chi connectivity index (χ0n) is 15.7. The first-order valence-corrected chi connectivity index (χ1v) is 8.94. The summed E-state index contributed by atoms with van der Waals surface area (Å²) in [6.07, 6.45) is 1.74. The molecule has 0 bridgehead atoms. The molecule has 0 spiro atoms. The van der Waals surface area contributed by atoms with Crippen molar-refractivity contribution in [1.82, 2.24) is 19.5 Å². The van der Waals surface area contributed by atoms with Crippen LogP contribution in [0.4, 0.5) is 11.8 Å². The molecule has 2 heterocycles. The second-order valence-electron chi connectivity index (χ2n) is 6.80. The van der Waals surface area contributed by atoms with Crippen molar-refractivity contribution in [3.05, 3.63) is 42.2 Å². The minimum Gasteiger partial charge on any atom is -0.481 e. The average Bonchev–Trinajstić information content (AvgIpc) is 3.04. The van der Waals surface area contributed by atoms with Gasteiger partial charge in [-0.1, -0.05) is 30.3 Å². The van der Waals surface area contributed by atoms with E-state index >= 15 is 0 Å². The smallest absolute Gasteiger partial charge is 0.305 e. The largest absolute Gasteiger partial charge is 0.481 e. The van der Waals surface area contributed by atoms with E-state index in [1.165, 1.54) is 0 Å². The number of hydrogen-bond donors (Lipinski definition) is 3. The minimum atomic E-state index is -0.870. The molecule has 0 aliphatic heterocycles. The molecular weight excluding hydrogens is 344 g/mol. The molecule has 2 aromatic heterocycles. The zero-order valence-corrected chi connectivity index (χ0v) is 15.7. The highest BCUT2D eigenvalue weighted by atomic mass is 16.4. The standard InChI is InChI=1S/C19H24N6O2/c1-12(2)25-11-21-16-17(20-10-14-7-5-4-6-8-14)23-19(24-18(16)25)22-13(3)9-15(26)27/h4-8,11-13H,9-10H2,1-3H3,(H,26,27)(H2,20,22,23,24). The molecule has 0 fully saturated rings. The molecule has 1 atom stereocenters. The molecule has 3 rings (SSSR count). The van der Waals surface area contributed by atoms with Gasteiger partial charge in [0.25, 0.3) is 0 Å². The summed E-state index contributed by atoms with van der Waals surface area (Å²) in [7, 11) is 0. The second-order valence-corrected chi connectivity index (χ2v) is 6.80. The van der Waals surface area contributed by atoms with E-state index in [4.69, 9.17) is 5.11 Å². The first kappa shape index (κ1) is 18.6. The fraction of sp³-hybridized carbons (Fsp3) is 0.368. The maximum absolute atomic E-state index is 10.9. The van der Waals surface area contributed by atoms with Crippen molar-refractivity contribution in [2.75, 3.05) is 10.6 Å². The van der Waals surface area contributed by atoms with Gasteiger partial charge in [0.1, 0.15) is 0 Å². The Balaban J connectivity index is 1.93. The van der Waals surface area contributed by atoms with Crippen LogP contribution in [0.3, 0.4) is 0 Å². The van der Waals surface area contributed by atoms with Gasteiger partial charge in [-0.3, -0.25) is 4.79 Å². The third kappa shape index (κ3) is 4.52. The van der Waals surface area contributed by atoms with E-state index in [2.05, 4.69) is 39.4 Å². The number of nitrogens with zero attached hydrogens (tertiary/aromatic N) is 4. The normalized spacial score (nSPS) is 12.3. The monoisotopic (exact) mass is 368 g/mol. The Hall–Kier alpha value is -3.16. The lowest BCUT2D eigenvalue weighted by molar-refractivity contribution is -0.137. The molecule has 1 unspecified atom stereocenters. The SMILES string of the molecule is CC(CC(=O)O)Nc1nc(NCc2ccccc2)c2ncn(C(C)C)c2n1. The maximum atomic E-state index is 10.9. The van der Waals surface area contributed by atoms with E-state index in [-0.39, 0.29) is 18.5 Å². The predicted octanol–water partition coefficient (Wildman–Crippen LogP) is 3.29. The molecular formula is C19H24N6O2. The lowest BCUT2D eigenvalue weighted by atomic mass is 10.2. The number of hydrogen-bond acceptors (Lipinski definition) is 6. The van der Waals surface area contributed by atoms with Crippen molar-refractivity contribution in [3.63, 3.8) is 0 Å². The van der Waals surface area contributed by atoms with Crippen molar-refractivity contribution in [1.29, 1.82) is 0 Å². The number of nitrogens with one attached hydrogen (secondary N) is 2. The van der Waals surface area contributed by atoms with Crippen molar-refractivity contribution < 1.29 is 9.90 Å². The van der Waals surface area contributed by atoms with Crippen LogP contribution in [0.25, 0.3) is 11.2 Å². The lowest BCUT2D eigenvalue weighted by Gasteiger charge is -2.14. The Morgan fingerprint density at radius 3 is 2.59 bits per heavy atom. The molecule has 0 saturated heterocycles. The van der Waals surface area contributed by atoms with Crippen LogP contribution < -0.4 is 10.6 Å². The van der Waals surface area contributed by atoms with Crippen molar-refractivity contribution >= 4 is 28.9 Å². The van der Waals surface area contributed by atoms with Gasteiger partial charge in [0.15, 0.2) is 17.0 Å². The summed E-state index contributed by atoms with van der Waals surface area (Å²) < 4.78 is 1.97. The Labute approximate surface area is 157 Å². The topological polar surface area (TPSA) is 105 Å². The van der Waals surface area contributed by atoms with Crippen LogP contribution in [-0.4, -0.2) is 36.6 Å². The quantitative estimate of drug-likeness (QED) is 0.560. The summed E-state index contributed by atoms with van der Waals surface area (Å²) in [5.74, 6) is 0.133. The highest BCUT2D eigenvalue weighted by Gasteiger charge is 2.16. The van der Waals surface area contributed by atoms with Crippen LogP contribution >= 0.6 is 0 Å². The van der Waals surface area contributed by atoms with Gasteiger partial charge in [0.2, 0.25) is 5.95 Å². The van der Waals surface area contributed by atoms with Crippen LogP contribution in [0.2, 0.25) is 0 Å². The van der Waals surface area contributed by atoms with Gasteiger partial charge in [-0.25, -0.2) is 4.98 Å². The summed E-state index contributed by atoms with van der Waals surface area (Å²) >= 11 is 0. The predicted molar refractivity (Wildman–Crippen MR) is 105 cm³/mol. The van der Waals surface area contributed by atoms with Gasteiger partial charge in [0.05, 0.1) is 12.7 Å². The van der Waals surface area contributed by atoms with Gasteiger partial charge in [-0.2, -0.15) is 9.97 Å². The third-order valence-electron chi connectivity index (χ3n) is 4.14. The van der Waals surface area contributed by atoms with E-state index in [9.17, 15) is 4.79 Å². The van der Waals surface area contributed by atoms with Crippen molar-refractivity contribution in [3.8, 4) is 0 Å². The van der Waals surface area contributed by atoms with Crippen molar-refractivity contribution in [2.45, 2.75) is 45.8 Å². The molecule has 3 N–H and O–H groups in total. The van der Waals surface area contributed by atoms with E-state index in [1.807, 2.05) is 34.9 Å². The summed E-state index contributed by atoms with van der Waals surface area (Å²) in [5.41, 5.74) is 2.53. The molecule has 1 aromatic carbocycles. The Morgan fingerprint density at radius 2 is 1.93 bits per heavy atom. The number of imidazole rings is 1. The molecule has 0 aliphatic carbocycles. The Kier molecular flexibility index (Phi) is 5.54. The molecule has 8 heteroatoms. The summed E-state index contributed by atoms with van der Waals surface area (Å²) in [6.45, 7) is 6.50. The highest BCUT2D eigenvalue weighted by Crippen LogP contribution is 2.24. The van der Waals surface area contributed by atoms with Crippen LogP contribution in [-0.2, 0) is 11.3 Å².